The molecule has 28 heavy (non-hydrogen) atoms. The highest BCUT2D eigenvalue weighted by atomic mass is 16.5. The number of hydrogen-bond acceptors (Lipinski definition) is 3. The van der Waals surface area contributed by atoms with Crippen LogP contribution in [0.3, 0.4) is 0 Å². The van der Waals surface area contributed by atoms with E-state index in [0.29, 0.717) is 13.2 Å². The van der Waals surface area contributed by atoms with Gasteiger partial charge in [0.25, 0.3) is 0 Å². The van der Waals surface area contributed by atoms with Gasteiger partial charge in [0.2, 0.25) is 0 Å². The first-order valence-corrected chi connectivity index (χ1v) is 9.53. The molecule has 0 atom stereocenters. The highest BCUT2D eigenvalue weighted by Gasteiger charge is 2.11. The van der Waals surface area contributed by atoms with Crippen molar-refractivity contribution in [3.8, 4) is 5.75 Å². The number of benzene rings is 2. The molecular formula is C23H23N3O2. The molecule has 0 aliphatic heterocycles. The van der Waals surface area contributed by atoms with Crippen LogP contribution >= 0.6 is 0 Å². The molecule has 142 valence electrons. The molecule has 5 heteroatoms. The first-order valence-electron chi connectivity index (χ1n) is 9.53. The maximum atomic E-state index is 12.2. The Balaban J connectivity index is 1.24. The zero-order chi connectivity index (χ0) is 19.2. The van der Waals surface area contributed by atoms with Crippen molar-refractivity contribution in [1.82, 2.24) is 10.3 Å². The molecule has 0 spiro atoms. The van der Waals surface area contributed by atoms with Gasteiger partial charge in [0, 0.05) is 30.2 Å². The number of nitrogens with one attached hydrogen (secondary N) is 2. The maximum absolute atomic E-state index is 12.2. The fourth-order valence-electron chi connectivity index (χ4n) is 3.36. The molecule has 1 aromatic heterocycles. The quantitative estimate of drug-likeness (QED) is 0.670. The van der Waals surface area contributed by atoms with Gasteiger partial charge in [0.15, 0.2) is 0 Å². The molecule has 5 nitrogen and oxygen atoms in total. The minimum Gasteiger partial charge on any atom is -0.489 e. The predicted octanol–water partition coefficient (Wildman–Crippen LogP) is 4.47. The summed E-state index contributed by atoms with van der Waals surface area (Å²) in [7, 11) is 0. The van der Waals surface area contributed by atoms with Crippen LogP contribution < -0.4 is 15.4 Å². The maximum Gasteiger partial charge on any atom is 0.319 e. The van der Waals surface area contributed by atoms with Crippen LogP contribution in [0, 0.1) is 0 Å². The summed E-state index contributed by atoms with van der Waals surface area (Å²) in [6.07, 6.45) is 6.97. The van der Waals surface area contributed by atoms with Gasteiger partial charge in [-0.25, -0.2) is 4.79 Å². The number of hydrogen-bond donors (Lipinski definition) is 2. The number of pyridine rings is 1. The van der Waals surface area contributed by atoms with Crippen LogP contribution in [0.25, 0.3) is 0 Å². The van der Waals surface area contributed by atoms with E-state index in [-0.39, 0.29) is 6.03 Å². The normalized spacial score (nSPS) is 12.3. The third-order valence-corrected chi connectivity index (χ3v) is 4.86. The van der Waals surface area contributed by atoms with Crippen LogP contribution in [-0.4, -0.2) is 11.0 Å². The fourth-order valence-corrected chi connectivity index (χ4v) is 3.36. The van der Waals surface area contributed by atoms with Gasteiger partial charge in [0.05, 0.1) is 0 Å². The van der Waals surface area contributed by atoms with E-state index in [0.717, 1.165) is 35.4 Å². The lowest BCUT2D eigenvalue weighted by Gasteiger charge is -2.10. The molecule has 1 aliphatic carbocycles. The molecule has 3 aromatic rings. The van der Waals surface area contributed by atoms with Crippen molar-refractivity contribution in [1.29, 1.82) is 0 Å². The zero-order valence-corrected chi connectivity index (χ0v) is 15.7. The lowest BCUT2D eigenvalue weighted by atomic mass is 10.1. The van der Waals surface area contributed by atoms with Crippen LogP contribution in [0.4, 0.5) is 10.5 Å². The molecule has 0 saturated heterocycles. The Hall–Kier alpha value is -3.34. The van der Waals surface area contributed by atoms with Crippen molar-refractivity contribution in [3.63, 3.8) is 0 Å². The van der Waals surface area contributed by atoms with E-state index in [4.69, 9.17) is 4.74 Å². The summed E-state index contributed by atoms with van der Waals surface area (Å²) in [5.74, 6) is 0.787. The van der Waals surface area contributed by atoms with Crippen LogP contribution in [0.2, 0.25) is 0 Å². The van der Waals surface area contributed by atoms with Crippen molar-refractivity contribution < 1.29 is 9.53 Å². The van der Waals surface area contributed by atoms with Gasteiger partial charge in [-0.05, 0) is 66.3 Å². The number of carbonyl (C=O) groups is 1. The number of aromatic nitrogens is 1. The van der Waals surface area contributed by atoms with Gasteiger partial charge in [-0.3, -0.25) is 4.98 Å². The van der Waals surface area contributed by atoms with Crippen molar-refractivity contribution >= 4 is 11.7 Å². The summed E-state index contributed by atoms with van der Waals surface area (Å²) in [4.78, 5) is 16.2. The Morgan fingerprint density at radius 1 is 1.00 bits per heavy atom. The standard InChI is InChI=1S/C23H23N3O2/c27-23(26-21-9-8-19-4-1-5-20(19)13-21)25-15-17-6-10-22(11-7-17)28-16-18-3-2-12-24-14-18/h2-3,6-14H,1,4-5,15-16H2,(H2,25,26,27). The SMILES string of the molecule is O=C(NCc1ccc(OCc2cccnc2)cc1)Nc1ccc2c(c1)CCC2. The van der Waals surface area contributed by atoms with Crippen molar-refractivity contribution in [3.05, 3.63) is 89.2 Å². The number of amides is 2. The summed E-state index contributed by atoms with van der Waals surface area (Å²) < 4.78 is 5.75. The van der Waals surface area contributed by atoms with E-state index < -0.39 is 0 Å². The zero-order valence-electron chi connectivity index (χ0n) is 15.7. The number of urea groups is 1. The molecule has 0 unspecified atom stereocenters. The second kappa shape index (κ2) is 8.57. The average Bonchev–Trinajstić information content (AvgIpc) is 3.20. The lowest BCUT2D eigenvalue weighted by Crippen LogP contribution is -2.28. The first-order chi connectivity index (χ1) is 13.8. The average molecular weight is 373 g/mol. The molecule has 0 radical (unpaired) electrons. The van der Waals surface area contributed by atoms with Gasteiger partial charge in [-0.2, -0.15) is 0 Å². The fraction of sp³-hybridized carbons (Fsp3) is 0.217. The van der Waals surface area contributed by atoms with Crippen molar-refractivity contribution in [2.24, 2.45) is 0 Å². The second-order valence-corrected chi connectivity index (χ2v) is 6.94. The van der Waals surface area contributed by atoms with Crippen LogP contribution in [0.15, 0.2) is 67.0 Å². The Bertz CT molecular complexity index is 940. The largest absolute Gasteiger partial charge is 0.489 e. The van der Waals surface area contributed by atoms with Gasteiger partial charge in [-0.1, -0.05) is 24.3 Å². The predicted molar refractivity (Wildman–Crippen MR) is 109 cm³/mol. The van der Waals surface area contributed by atoms with Crippen LogP contribution in [0.5, 0.6) is 5.75 Å². The Labute approximate surface area is 164 Å². The smallest absolute Gasteiger partial charge is 0.319 e. The Kier molecular flexibility index (Phi) is 5.52. The second-order valence-electron chi connectivity index (χ2n) is 6.94. The Morgan fingerprint density at radius 2 is 1.86 bits per heavy atom. The molecule has 2 N–H and O–H groups in total. The van der Waals surface area contributed by atoms with E-state index in [2.05, 4.69) is 27.8 Å². The number of aryl methyl sites for hydroxylation is 2. The number of rotatable bonds is 6. The van der Waals surface area contributed by atoms with Crippen LogP contribution in [-0.2, 0) is 26.0 Å². The molecule has 4 rings (SSSR count). The molecular weight excluding hydrogens is 350 g/mol. The third kappa shape index (κ3) is 4.68. The minimum absolute atomic E-state index is 0.199. The van der Waals surface area contributed by atoms with Gasteiger partial charge in [0.1, 0.15) is 12.4 Å². The highest BCUT2D eigenvalue weighted by molar-refractivity contribution is 5.89. The van der Waals surface area contributed by atoms with Gasteiger partial charge in [-0.15, -0.1) is 0 Å². The summed E-state index contributed by atoms with van der Waals surface area (Å²) in [5.41, 5.74) is 5.63. The van der Waals surface area contributed by atoms with E-state index in [1.54, 1.807) is 12.4 Å². The van der Waals surface area contributed by atoms with E-state index in [1.165, 1.54) is 17.5 Å². The number of carbonyl (C=O) groups excluding carboxylic acids is 1. The molecule has 1 heterocycles. The molecule has 0 fully saturated rings. The molecule has 0 saturated carbocycles. The monoisotopic (exact) mass is 373 g/mol. The molecule has 1 aliphatic rings. The Morgan fingerprint density at radius 3 is 2.68 bits per heavy atom. The highest BCUT2D eigenvalue weighted by Crippen LogP contribution is 2.24. The number of ether oxygens (including phenoxy) is 1. The van der Waals surface area contributed by atoms with E-state index in [9.17, 15) is 4.79 Å². The van der Waals surface area contributed by atoms with Crippen LogP contribution in [0.1, 0.15) is 28.7 Å². The number of nitrogens with zero attached hydrogens (tertiary/aromatic N) is 1. The number of anilines is 1. The minimum atomic E-state index is -0.199. The molecule has 2 aromatic carbocycles. The molecule has 0 bridgehead atoms. The topological polar surface area (TPSA) is 63.2 Å². The summed E-state index contributed by atoms with van der Waals surface area (Å²) in [6.45, 7) is 0.939. The van der Waals surface area contributed by atoms with Crippen molar-refractivity contribution in [2.45, 2.75) is 32.4 Å². The van der Waals surface area contributed by atoms with Gasteiger partial charge >= 0.3 is 6.03 Å². The van der Waals surface area contributed by atoms with E-state index in [1.807, 2.05) is 42.5 Å². The first kappa shape index (κ1) is 18.0. The number of fused-ring (bicyclic) bond motifs is 1. The molecule has 2 amide bonds. The van der Waals surface area contributed by atoms with Crippen molar-refractivity contribution in [2.75, 3.05) is 5.32 Å². The summed E-state index contributed by atoms with van der Waals surface area (Å²) in [5, 5.41) is 5.80. The summed E-state index contributed by atoms with van der Waals surface area (Å²) in [6, 6.07) is 17.6. The van der Waals surface area contributed by atoms with Gasteiger partial charge < -0.3 is 15.4 Å². The third-order valence-electron chi connectivity index (χ3n) is 4.86. The lowest BCUT2D eigenvalue weighted by molar-refractivity contribution is 0.251. The summed E-state index contributed by atoms with van der Waals surface area (Å²) >= 11 is 0. The van der Waals surface area contributed by atoms with E-state index >= 15 is 0 Å².